The number of carboxylic acids is 1. The minimum Gasteiger partial charge on any atom is -0.487 e. The number of amides is 1. The second-order valence-corrected chi connectivity index (χ2v) is 11.4. The van der Waals surface area contributed by atoms with Crippen LogP contribution in [0.3, 0.4) is 0 Å². The van der Waals surface area contributed by atoms with Gasteiger partial charge in [-0.25, -0.2) is 0 Å². The number of benzene rings is 3. The molecule has 39 heavy (non-hydrogen) atoms. The van der Waals surface area contributed by atoms with Gasteiger partial charge in [0.1, 0.15) is 11.4 Å². The summed E-state index contributed by atoms with van der Waals surface area (Å²) in [6, 6.07) is 22.6. The minimum absolute atomic E-state index is 0.0952. The standard InChI is InChI=1S/C34H41NO4/c1-5-6-7-25-8-10-27(11-9-25)23-35(19-18-32(36)37)33(38)29-16-17-31-30(20-29)22-34(4,39-31)21-26-12-14-28(15-13-26)24(2)3/h8-17,20,24H,5-7,18-19,21-23H2,1-4H3,(H,36,37). The van der Waals surface area contributed by atoms with Gasteiger partial charge in [0.15, 0.2) is 0 Å². The van der Waals surface area contributed by atoms with E-state index in [1.807, 2.05) is 24.3 Å². The van der Waals surface area contributed by atoms with Crippen LogP contribution < -0.4 is 4.74 Å². The summed E-state index contributed by atoms with van der Waals surface area (Å²) in [6.45, 7) is 9.21. The fourth-order valence-corrected chi connectivity index (χ4v) is 5.28. The lowest BCUT2D eigenvalue weighted by Gasteiger charge is -2.24. The van der Waals surface area contributed by atoms with E-state index in [0.29, 0.717) is 24.4 Å². The fraction of sp³-hybridized carbons (Fsp3) is 0.412. The van der Waals surface area contributed by atoms with Gasteiger partial charge in [0.2, 0.25) is 0 Å². The number of aliphatic carboxylic acids is 1. The number of nitrogens with zero attached hydrogens (tertiary/aromatic N) is 1. The third kappa shape index (κ3) is 7.50. The highest BCUT2D eigenvalue weighted by atomic mass is 16.5. The van der Waals surface area contributed by atoms with Crippen molar-refractivity contribution < 1.29 is 19.4 Å². The lowest BCUT2D eigenvalue weighted by molar-refractivity contribution is -0.137. The molecular weight excluding hydrogens is 486 g/mol. The Morgan fingerprint density at radius 2 is 1.64 bits per heavy atom. The second-order valence-electron chi connectivity index (χ2n) is 11.4. The Balaban J connectivity index is 1.47. The summed E-state index contributed by atoms with van der Waals surface area (Å²) in [6.07, 6.45) is 4.73. The van der Waals surface area contributed by atoms with E-state index in [0.717, 1.165) is 42.6 Å². The van der Waals surface area contributed by atoms with Gasteiger partial charge in [0, 0.05) is 31.5 Å². The first kappa shape index (κ1) is 28.4. The Labute approximate surface area is 232 Å². The molecule has 0 radical (unpaired) electrons. The quantitative estimate of drug-likeness (QED) is 0.270. The molecule has 1 heterocycles. The van der Waals surface area contributed by atoms with Crippen molar-refractivity contribution >= 4 is 11.9 Å². The number of rotatable bonds is 12. The molecule has 0 saturated heterocycles. The van der Waals surface area contributed by atoms with E-state index in [-0.39, 0.29) is 24.5 Å². The predicted molar refractivity (Wildman–Crippen MR) is 155 cm³/mol. The zero-order valence-corrected chi connectivity index (χ0v) is 23.7. The molecule has 0 aromatic heterocycles. The number of aryl methyl sites for hydroxylation is 1. The van der Waals surface area contributed by atoms with Crippen LogP contribution in [0.4, 0.5) is 0 Å². The van der Waals surface area contributed by atoms with Crippen LogP contribution in [-0.2, 0) is 30.6 Å². The summed E-state index contributed by atoms with van der Waals surface area (Å²) >= 11 is 0. The molecule has 1 aliphatic heterocycles. The van der Waals surface area contributed by atoms with E-state index in [1.54, 1.807) is 11.0 Å². The van der Waals surface area contributed by atoms with E-state index < -0.39 is 5.97 Å². The first-order chi connectivity index (χ1) is 18.7. The van der Waals surface area contributed by atoms with Crippen molar-refractivity contribution in [2.75, 3.05) is 6.54 Å². The average molecular weight is 528 g/mol. The van der Waals surface area contributed by atoms with Crippen LogP contribution in [0.5, 0.6) is 5.75 Å². The Kier molecular flexibility index (Phi) is 9.11. The van der Waals surface area contributed by atoms with E-state index in [4.69, 9.17) is 4.74 Å². The number of hydrogen-bond acceptors (Lipinski definition) is 3. The first-order valence-corrected chi connectivity index (χ1v) is 14.2. The Bertz CT molecular complexity index is 1280. The third-order valence-corrected chi connectivity index (χ3v) is 7.55. The molecule has 1 unspecified atom stereocenters. The molecule has 0 bridgehead atoms. The highest BCUT2D eigenvalue weighted by molar-refractivity contribution is 5.95. The topological polar surface area (TPSA) is 66.8 Å². The maximum atomic E-state index is 13.6. The molecular formula is C34H41NO4. The van der Waals surface area contributed by atoms with E-state index in [9.17, 15) is 14.7 Å². The van der Waals surface area contributed by atoms with Gasteiger partial charge in [0.25, 0.3) is 5.91 Å². The van der Waals surface area contributed by atoms with Crippen molar-refractivity contribution in [1.82, 2.24) is 4.90 Å². The van der Waals surface area contributed by atoms with Gasteiger partial charge in [-0.2, -0.15) is 0 Å². The summed E-state index contributed by atoms with van der Waals surface area (Å²) < 4.78 is 6.38. The van der Waals surface area contributed by atoms with E-state index >= 15 is 0 Å². The van der Waals surface area contributed by atoms with Gasteiger partial charge >= 0.3 is 5.97 Å². The van der Waals surface area contributed by atoms with Gasteiger partial charge in [-0.3, -0.25) is 9.59 Å². The zero-order valence-electron chi connectivity index (χ0n) is 23.7. The van der Waals surface area contributed by atoms with Gasteiger partial charge in [0.05, 0.1) is 6.42 Å². The number of hydrogen-bond donors (Lipinski definition) is 1. The number of carbonyl (C=O) groups is 2. The van der Waals surface area contributed by atoms with Gasteiger partial charge in [-0.15, -0.1) is 0 Å². The van der Waals surface area contributed by atoms with Crippen molar-refractivity contribution in [3.8, 4) is 5.75 Å². The van der Waals surface area contributed by atoms with Gasteiger partial charge < -0.3 is 14.7 Å². The summed E-state index contributed by atoms with van der Waals surface area (Å²) in [7, 11) is 0. The first-order valence-electron chi connectivity index (χ1n) is 14.2. The molecule has 4 rings (SSSR count). The highest BCUT2D eigenvalue weighted by Crippen LogP contribution is 2.38. The van der Waals surface area contributed by atoms with Gasteiger partial charge in [-0.05, 0) is 71.7 Å². The lowest BCUT2D eigenvalue weighted by Crippen LogP contribution is -2.33. The van der Waals surface area contributed by atoms with Crippen LogP contribution in [0.15, 0.2) is 66.7 Å². The summed E-state index contributed by atoms with van der Waals surface area (Å²) in [5.74, 6) is 0.236. The number of carboxylic acid groups (broad SMARTS) is 1. The molecule has 3 aromatic carbocycles. The van der Waals surface area contributed by atoms with Crippen LogP contribution in [-0.4, -0.2) is 34.0 Å². The monoisotopic (exact) mass is 527 g/mol. The summed E-state index contributed by atoms with van der Waals surface area (Å²) in [5.41, 5.74) is 6.02. The molecule has 1 amide bonds. The van der Waals surface area contributed by atoms with Crippen molar-refractivity contribution in [3.05, 3.63) is 100 Å². The molecule has 206 valence electrons. The lowest BCUT2D eigenvalue weighted by atomic mass is 9.90. The van der Waals surface area contributed by atoms with Crippen molar-refractivity contribution in [1.29, 1.82) is 0 Å². The summed E-state index contributed by atoms with van der Waals surface area (Å²) in [5, 5.41) is 9.29. The largest absolute Gasteiger partial charge is 0.487 e. The number of ether oxygens (including phenoxy) is 1. The van der Waals surface area contributed by atoms with Crippen LogP contribution in [0.25, 0.3) is 0 Å². The maximum absolute atomic E-state index is 13.6. The summed E-state index contributed by atoms with van der Waals surface area (Å²) in [4.78, 5) is 26.6. The Morgan fingerprint density at radius 1 is 0.974 bits per heavy atom. The minimum atomic E-state index is -0.915. The van der Waals surface area contributed by atoms with Crippen LogP contribution in [0.2, 0.25) is 0 Å². The molecule has 5 heteroatoms. The zero-order chi connectivity index (χ0) is 28.0. The van der Waals surface area contributed by atoms with Crippen LogP contribution in [0, 0.1) is 0 Å². The molecule has 0 fully saturated rings. The molecule has 0 spiro atoms. The van der Waals surface area contributed by atoms with E-state index in [1.165, 1.54) is 16.7 Å². The third-order valence-electron chi connectivity index (χ3n) is 7.55. The number of unbranched alkanes of at least 4 members (excludes halogenated alkanes) is 1. The SMILES string of the molecule is CCCCc1ccc(CN(CCC(=O)O)C(=O)c2ccc3c(c2)CC(C)(Cc2ccc(C(C)C)cc2)O3)cc1. The van der Waals surface area contributed by atoms with Gasteiger partial charge in [-0.1, -0.05) is 75.7 Å². The van der Waals surface area contributed by atoms with Crippen molar-refractivity contribution in [3.63, 3.8) is 0 Å². The molecule has 1 atom stereocenters. The second kappa shape index (κ2) is 12.5. The fourth-order valence-electron chi connectivity index (χ4n) is 5.28. The number of carbonyl (C=O) groups excluding carboxylic acids is 1. The molecule has 3 aromatic rings. The molecule has 1 aliphatic rings. The molecule has 5 nitrogen and oxygen atoms in total. The maximum Gasteiger partial charge on any atom is 0.305 e. The smallest absolute Gasteiger partial charge is 0.305 e. The Morgan fingerprint density at radius 3 is 2.28 bits per heavy atom. The normalized spacial score (nSPS) is 16.1. The molecule has 0 saturated carbocycles. The van der Waals surface area contributed by atoms with Crippen molar-refractivity contribution in [2.45, 2.75) is 84.3 Å². The highest BCUT2D eigenvalue weighted by Gasteiger charge is 2.35. The van der Waals surface area contributed by atoms with Crippen LogP contribution >= 0.6 is 0 Å². The van der Waals surface area contributed by atoms with E-state index in [2.05, 4.69) is 64.1 Å². The Hall–Kier alpha value is -3.60. The number of fused-ring (bicyclic) bond motifs is 1. The molecule has 0 aliphatic carbocycles. The predicted octanol–water partition coefficient (Wildman–Crippen LogP) is 7.21. The molecule has 1 N–H and O–H groups in total. The van der Waals surface area contributed by atoms with Crippen molar-refractivity contribution in [2.24, 2.45) is 0 Å². The average Bonchev–Trinajstić information content (AvgIpc) is 3.25. The van der Waals surface area contributed by atoms with Crippen LogP contribution in [0.1, 0.15) is 91.1 Å².